The van der Waals surface area contributed by atoms with E-state index in [-0.39, 0.29) is 17.2 Å². The van der Waals surface area contributed by atoms with Gasteiger partial charge in [-0.1, -0.05) is 30.3 Å². The maximum absolute atomic E-state index is 13.2. The Bertz CT molecular complexity index is 961. The van der Waals surface area contributed by atoms with E-state index >= 15 is 0 Å². The zero-order valence-electron chi connectivity index (χ0n) is 15.9. The molecule has 0 spiro atoms. The first-order valence-electron chi connectivity index (χ1n) is 9.10. The highest BCUT2D eigenvalue weighted by atomic mass is 16.4. The fourth-order valence-electron chi connectivity index (χ4n) is 3.11. The number of nitrogens with zero attached hydrogens (tertiary/aromatic N) is 5. The van der Waals surface area contributed by atoms with Crippen LogP contribution in [0.1, 0.15) is 39.0 Å². The summed E-state index contributed by atoms with van der Waals surface area (Å²) in [6.07, 6.45) is 3.82. The van der Waals surface area contributed by atoms with E-state index in [1.54, 1.807) is 18.1 Å². The van der Waals surface area contributed by atoms with Gasteiger partial charge in [-0.25, -0.2) is 4.79 Å². The van der Waals surface area contributed by atoms with Crippen molar-refractivity contribution in [3.63, 3.8) is 0 Å². The van der Waals surface area contributed by atoms with Crippen molar-refractivity contribution in [2.75, 3.05) is 6.54 Å². The summed E-state index contributed by atoms with van der Waals surface area (Å²) in [5.74, 6) is -1.57. The molecule has 0 radical (unpaired) electrons. The minimum absolute atomic E-state index is 0.0885. The van der Waals surface area contributed by atoms with E-state index in [0.717, 1.165) is 11.3 Å². The van der Waals surface area contributed by atoms with Crippen LogP contribution in [0.4, 0.5) is 0 Å². The first-order chi connectivity index (χ1) is 13.5. The third-order valence-electron chi connectivity index (χ3n) is 4.52. The van der Waals surface area contributed by atoms with Crippen molar-refractivity contribution in [3.8, 4) is 0 Å². The summed E-state index contributed by atoms with van der Waals surface area (Å²) in [6.45, 7) is 3.46. The SMILES string of the molecule is CCn1nccc1CN(CCc1ccccc1)C(=O)c1cn(C)nc1C(=O)O. The molecule has 0 aliphatic heterocycles. The summed E-state index contributed by atoms with van der Waals surface area (Å²) in [5, 5.41) is 17.6. The standard InChI is InChI=1S/C20H23N5O3/c1-3-25-16(9-11-21-25)13-24(12-10-15-7-5-4-6-8-15)19(26)17-14-23(2)22-18(17)20(27)28/h4-9,11,14H,3,10,12-13H2,1-2H3,(H,27,28). The van der Waals surface area contributed by atoms with Crippen LogP contribution in [0.3, 0.4) is 0 Å². The van der Waals surface area contributed by atoms with Crippen LogP contribution in [0, 0.1) is 0 Å². The molecule has 0 bridgehead atoms. The second kappa shape index (κ2) is 8.51. The van der Waals surface area contributed by atoms with Crippen LogP contribution in [0.15, 0.2) is 48.8 Å². The van der Waals surface area contributed by atoms with Crippen molar-refractivity contribution in [2.45, 2.75) is 26.4 Å². The van der Waals surface area contributed by atoms with Gasteiger partial charge in [0.15, 0.2) is 5.69 Å². The van der Waals surface area contributed by atoms with Crippen molar-refractivity contribution < 1.29 is 14.7 Å². The molecule has 0 fully saturated rings. The number of benzene rings is 1. The average molecular weight is 381 g/mol. The van der Waals surface area contributed by atoms with Gasteiger partial charge in [0.2, 0.25) is 0 Å². The van der Waals surface area contributed by atoms with Crippen LogP contribution in [0.25, 0.3) is 0 Å². The lowest BCUT2D eigenvalue weighted by molar-refractivity contribution is 0.0666. The highest BCUT2D eigenvalue weighted by molar-refractivity contribution is 6.03. The lowest BCUT2D eigenvalue weighted by atomic mass is 10.1. The zero-order chi connectivity index (χ0) is 20.1. The molecule has 3 rings (SSSR count). The van der Waals surface area contributed by atoms with Crippen LogP contribution in [-0.4, -0.2) is 48.0 Å². The van der Waals surface area contributed by atoms with Gasteiger partial charge in [-0.3, -0.25) is 14.2 Å². The second-order valence-electron chi connectivity index (χ2n) is 6.47. The van der Waals surface area contributed by atoms with E-state index in [4.69, 9.17) is 0 Å². The molecular weight excluding hydrogens is 358 g/mol. The fourth-order valence-corrected chi connectivity index (χ4v) is 3.11. The summed E-state index contributed by atoms with van der Waals surface area (Å²) in [5.41, 5.74) is 1.85. The molecule has 1 N–H and O–H groups in total. The van der Waals surface area contributed by atoms with Gasteiger partial charge in [-0.15, -0.1) is 0 Å². The predicted molar refractivity (Wildman–Crippen MR) is 103 cm³/mol. The average Bonchev–Trinajstić information content (AvgIpc) is 3.31. The predicted octanol–water partition coefficient (Wildman–Crippen LogP) is 2.22. The van der Waals surface area contributed by atoms with Crippen LogP contribution in [-0.2, 0) is 26.6 Å². The number of aromatic nitrogens is 4. The molecule has 0 atom stereocenters. The molecule has 3 aromatic rings. The Morgan fingerprint density at radius 2 is 1.93 bits per heavy atom. The third-order valence-corrected chi connectivity index (χ3v) is 4.52. The number of carbonyl (C=O) groups is 2. The summed E-state index contributed by atoms with van der Waals surface area (Å²) in [4.78, 5) is 26.4. The molecule has 0 saturated heterocycles. The van der Waals surface area contributed by atoms with E-state index in [0.29, 0.717) is 26.1 Å². The monoisotopic (exact) mass is 381 g/mol. The summed E-state index contributed by atoms with van der Waals surface area (Å²) >= 11 is 0. The molecule has 1 aromatic carbocycles. The molecule has 0 aliphatic carbocycles. The number of carbonyl (C=O) groups excluding carboxylic acids is 1. The number of aryl methyl sites for hydroxylation is 2. The summed E-state index contributed by atoms with van der Waals surface area (Å²) in [7, 11) is 1.60. The van der Waals surface area contributed by atoms with Crippen LogP contribution >= 0.6 is 0 Å². The van der Waals surface area contributed by atoms with Crippen molar-refractivity contribution in [3.05, 3.63) is 71.3 Å². The van der Waals surface area contributed by atoms with Gasteiger partial charge in [0.1, 0.15) is 0 Å². The van der Waals surface area contributed by atoms with Gasteiger partial charge in [0.05, 0.1) is 17.8 Å². The molecule has 1 amide bonds. The smallest absolute Gasteiger partial charge is 0.357 e. The summed E-state index contributed by atoms with van der Waals surface area (Å²) < 4.78 is 3.17. The highest BCUT2D eigenvalue weighted by Crippen LogP contribution is 2.15. The zero-order valence-corrected chi connectivity index (χ0v) is 15.9. The molecule has 8 nitrogen and oxygen atoms in total. The van der Waals surface area contributed by atoms with Gasteiger partial charge < -0.3 is 10.0 Å². The molecule has 2 aromatic heterocycles. The molecule has 0 unspecified atom stereocenters. The first-order valence-corrected chi connectivity index (χ1v) is 9.10. The van der Waals surface area contributed by atoms with E-state index in [2.05, 4.69) is 10.2 Å². The van der Waals surface area contributed by atoms with Crippen LogP contribution in [0.2, 0.25) is 0 Å². The lowest BCUT2D eigenvalue weighted by Crippen LogP contribution is -2.34. The molecule has 28 heavy (non-hydrogen) atoms. The molecular formula is C20H23N5O3. The minimum Gasteiger partial charge on any atom is -0.476 e. The van der Waals surface area contributed by atoms with Crippen LogP contribution < -0.4 is 0 Å². The van der Waals surface area contributed by atoms with E-state index < -0.39 is 5.97 Å². The molecule has 8 heteroatoms. The normalized spacial score (nSPS) is 10.8. The first kappa shape index (κ1) is 19.3. The van der Waals surface area contributed by atoms with Gasteiger partial charge >= 0.3 is 5.97 Å². The molecule has 146 valence electrons. The van der Waals surface area contributed by atoms with Gasteiger partial charge in [-0.05, 0) is 25.0 Å². The number of hydrogen-bond acceptors (Lipinski definition) is 4. The lowest BCUT2D eigenvalue weighted by Gasteiger charge is -2.23. The van der Waals surface area contributed by atoms with Gasteiger partial charge in [0, 0.05) is 32.5 Å². The maximum atomic E-state index is 13.2. The number of amides is 1. The van der Waals surface area contributed by atoms with Crippen molar-refractivity contribution >= 4 is 11.9 Å². The Kier molecular flexibility index (Phi) is 5.88. The van der Waals surface area contributed by atoms with Crippen molar-refractivity contribution in [1.82, 2.24) is 24.5 Å². The van der Waals surface area contributed by atoms with E-state index in [1.165, 1.54) is 10.9 Å². The van der Waals surface area contributed by atoms with Gasteiger partial charge in [-0.2, -0.15) is 10.2 Å². The molecule has 2 heterocycles. The Hall–Kier alpha value is -3.42. The maximum Gasteiger partial charge on any atom is 0.357 e. The topological polar surface area (TPSA) is 93.3 Å². The quantitative estimate of drug-likeness (QED) is 0.646. The molecule has 0 aliphatic rings. The van der Waals surface area contributed by atoms with Crippen molar-refractivity contribution in [2.24, 2.45) is 7.05 Å². The third kappa shape index (κ3) is 4.28. The Labute approximate surface area is 163 Å². The van der Waals surface area contributed by atoms with Crippen LogP contribution in [0.5, 0.6) is 0 Å². The second-order valence-corrected chi connectivity index (χ2v) is 6.47. The molecule has 0 saturated carbocycles. The fraction of sp³-hybridized carbons (Fsp3) is 0.300. The van der Waals surface area contributed by atoms with Gasteiger partial charge in [0.25, 0.3) is 5.91 Å². The summed E-state index contributed by atoms with van der Waals surface area (Å²) in [6, 6.07) is 11.7. The Morgan fingerprint density at radius 3 is 2.61 bits per heavy atom. The highest BCUT2D eigenvalue weighted by Gasteiger charge is 2.26. The van der Waals surface area contributed by atoms with Crippen molar-refractivity contribution in [1.29, 1.82) is 0 Å². The Balaban J connectivity index is 1.88. The minimum atomic E-state index is -1.22. The largest absolute Gasteiger partial charge is 0.476 e. The van der Waals surface area contributed by atoms with E-state index in [9.17, 15) is 14.7 Å². The number of hydrogen-bond donors (Lipinski definition) is 1. The number of aromatic carboxylic acids is 1. The number of carboxylic acid groups (broad SMARTS) is 1. The number of rotatable bonds is 8. The Morgan fingerprint density at radius 1 is 1.18 bits per heavy atom. The number of carboxylic acids is 1. The van der Waals surface area contributed by atoms with E-state index in [1.807, 2.05) is 48.0 Å².